The molecule has 3 rings (SSSR count). The van der Waals surface area contributed by atoms with Gasteiger partial charge >= 0.3 is 0 Å². The lowest BCUT2D eigenvalue weighted by Gasteiger charge is -2.19. The lowest BCUT2D eigenvalue weighted by atomic mass is 9.99. The fourth-order valence-corrected chi connectivity index (χ4v) is 2.74. The SMILES string of the molecule is Cn1cc(C(N)=O)cc1C(=O)Nc1ccc2c(c1F)CCNC2. The van der Waals surface area contributed by atoms with Gasteiger partial charge in [0.1, 0.15) is 11.5 Å². The largest absolute Gasteiger partial charge is 0.366 e. The number of anilines is 1. The first-order valence-electron chi connectivity index (χ1n) is 7.26. The van der Waals surface area contributed by atoms with E-state index in [9.17, 15) is 14.0 Å². The van der Waals surface area contributed by atoms with Crippen molar-refractivity contribution < 1.29 is 14.0 Å². The highest BCUT2D eigenvalue weighted by Gasteiger charge is 2.19. The molecule has 2 heterocycles. The van der Waals surface area contributed by atoms with E-state index in [2.05, 4.69) is 10.6 Å². The first kappa shape index (κ1) is 15.2. The molecule has 0 saturated carbocycles. The minimum Gasteiger partial charge on any atom is -0.366 e. The monoisotopic (exact) mass is 316 g/mol. The van der Waals surface area contributed by atoms with E-state index in [1.165, 1.54) is 16.8 Å². The predicted molar refractivity (Wildman–Crippen MR) is 83.7 cm³/mol. The molecule has 120 valence electrons. The lowest BCUT2D eigenvalue weighted by Crippen LogP contribution is -2.25. The average Bonchev–Trinajstić information content (AvgIpc) is 2.92. The smallest absolute Gasteiger partial charge is 0.272 e. The molecule has 1 aromatic heterocycles. The Balaban J connectivity index is 1.87. The molecule has 1 aliphatic rings. The third-order valence-corrected chi connectivity index (χ3v) is 3.98. The van der Waals surface area contributed by atoms with Crippen LogP contribution in [-0.4, -0.2) is 22.9 Å². The zero-order valence-corrected chi connectivity index (χ0v) is 12.6. The molecular formula is C16H17FN4O2. The number of aryl methyl sites for hydroxylation is 1. The fraction of sp³-hybridized carbons (Fsp3) is 0.250. The van der Waals surface area contributed by atoms with Crippen LogP contribution in [0.3, 0.4) is 0 Å². The number of amides is 2. The molecule has 0 atom stereocenters. The van der Waals surface area contributed by atoms with Gasteiger partial charge in [0.05, 0.1) is 11.3 Å². The summed E-state index contributed by atoms with van der Waals surface area (Å²) in [7, 11) is 1.62. The van der Waals surface area contributed by atoms with Crippen molar-refractivity contribution in [1.82, 2.24) is 9.88 Å². The summed E-state index contributed by atoms with van der Waals surface area (Å²) < 4.78 is 16.0. The second-order valence-electron chi connectivity index (χ2n) is 5.53. The molecule has 0 radical (unpaired) electrons. The van der Waals surface area contributed by atoms with Gasteiger partial charge in [-0.25, -0.2) is 4.39 Å². The van der Waals surface area contributed by atoms with E-state index in [-0.39, 0.29) is 16.9 Å². The normalized spacial score (nSPS) is 13.5. The molecule has 0 bridgehead atoms. The summed E-state index contributed by atoms with van der Waals surface area (Å²) in [6.45, 7) is 1.33. The van der Waals surface area contributed by atoms with Crippen molar-refractivity contribution in [2.75, 3.05) is 11.9 Å². The van der Waals surface area contributed by atoms with E-state index in [4.69, 9.17) is 5.73 Å². The minimum absolute atomic E-state index is 0.137. The molecule has 1 aliphatic heterocycles. The van der Waals surface area contributed by atoms with Gasteiger partial charge < -0.3 is 20.9 Å². The van der Waals surface area contributed by atoms with E-state index in [1.807, 2.05) is 0 Å². The molecule has 0 spiro atoms. The van der Waals surface area contributed by atoms with E-state index >= 15 is 0 Å². The summed E-state index contributed by atoms with van der Waals surface area (Å²) >= 11 is 0. The summed E-state index contributed by atoms with van der Waals surface area (Å²) in [6.07, 6.45) is 2.05. The second kappa shape index (κ2) is 5.85. The highest BCUT2D eigenvalue weighted by Crippen LogP contribution is 2.25. The van der Waals surface area contributed by atoms with Crippen LogP contribution in [0.5, 0.6) is 0 Å². The molecule has 0 fully saturated rings. The maximum Gasteiger partial charge on any atom is 0.272 e. The zero-order valence-electron chi connectivity index (χ0n) is 12.6. The summed E-state index contributed by atoms with van der Waals surface area (Å²) in [4.78, 5) is 23.5. The molecule has 6 nitrogen and oxygen atoms in total. The molecule has 23 heavy (non-hydrogen) atoms. The van der Waals surface area contributed by atoms with Crippen LogP contribution in [-0.2, 0) is 20.0 Å². The average molecular weight is 316 g/mol. The van der Waals surface area contributed by atoms with Crippen LogP contribution in [0.1, 0.15) is 32.0 Å². The quantitative estimate of drug-likeness (QED) is 0.794. The van der Waals surface area contributed by atoms with Crippen LogP contribution in [0.25, 0.3) is 0 Å². The number of carbonyl (C=O) groups is 2. The second-order valence-corrected chi connectivity index (χ2v) is 5.53. The Hall–Kier alpha value is -2.67. The van der Waals surface area contributed by atoms with Gasteiger partial charge in [0.25, 0.3) is 5.91 Å². The highest BCUT2D eigenvalue weighted by molar-refractivity contribution is 6.05. The maximum absolute atomic E-state index is 14.5. The molecule has 2 aromatic rings. The first-order valence-corrected chi connectivity index (χ1v) is 7.26. The van der Waals surface area contributed by atoms with E-state index in [0.29, 0.717) is 25.1 Å². The van der Waals surface area contributed by atoms with Crippen molar-refractivity contribution in [1.29, 1.82) is 0 Å². The Labute approximate surface area is 132 Å². The van der Waals surface area contributed by atoms with Crippen LogP contribution in [0.2, 0.25) is 0 Å². The lowest BCUT2D eigenvalue weighted by molar-refractivity contribution is 0.0998. The topological polar surface area (TPSA) is 89.2 Å². The zero-order chi connectivity index (χ0) is 16.6. The number of primary amides is 1. The van der Waals surface area contributed by atoms with Gasteiger partial charge in [-0.3, -0.25) is 9.59 Å². The van der Waals surface area contributed by atoms with Gasteiger partial charge in [0.2, 0.25) is 5.91 Å². The van der Waals surface area contributed by atoms with Crippen LogP contribution >= 0.6 is 0 Å². The van der Waals surface area contributed by atoms with Gasteiger partial charge in [-0.1, -0.05) is 6.07 Å². The number of nitrogens with two attached hydrogens (primary N) is 1. The molecule has 2 amide bonds. The molecule has 4 N–H and O–H groups in total. The van der Waals surface area contributed by atoms with Gasteiger partial charge in [-0.05, 0) is 36.2 Å². The standard InChI is InChI=1S/C16H17FN4O2/c1-21-8-10(15(18)22)6-13(21)16(23)20-12-3-2-9-7-19-5-4-11(9)14(12)17/h2-3,6,8,19H,4-5,7H2,1H3,(H2,18,22)(H,20,23). The molecular weight excluding hydrogens is 299 g/mol. The van der Waals surface area contributed by atoms with Gasteiger partial charge in [-0.15, -0.1) is 0 Å². The fourth-order valence-electron chi connectivity index (χ4n) is 2.74. The molecule has 7 heteroatoms. The summed E-state index contributed by atoms with van der Waals surface area (Å²) in [5.41, 5.74) is 7.34. The Kier molecular flexibility index (Phi) is 3.87. The van der Waals surface area contributed by atoms with E-state index < -0.39 is 17.6 Å². The molecule has 0 unspecified atom stereocenters. The summed E-state index contributed by atoms with van der Waals surface area (Å²) in [5, 5.41) is 5.74. The molecule has 1 aromatic carbocycles. The van der Waals surface area contributed by atoms with Crippen molar-refractivity contribution in [2.45, 2.75) is 13.0 Å². The predicted octanol–water partition coefficient (Wildman–Crippen LogP) is 1.16. The van der Waals surface area contributed by atoms with Crippen molar-refractivity contribution in [2.24, 2.45) is 12.8 Å². The van der Waals surface area contributed by atoms with E-state index in [0.717, 1.165) is 5.56 Å². The Morgan fingerprint density at radius 2 is 2.17 bits per heavy atom. The maximum atomic E-state index is 14.5. The Morgan fingerprint density at radius 3 is 2.87 bits per heavy atom. The highest BCUT2D eigenvalue weighted by atomic mass is 19.1. The number of halogens is 1. The van der Waals surface area contributed by atoms with Crippen LogP contribution in [0.4, 0.5) is 10.1 Å². The number of nitrogens with zero attached hydrogens (tertiary/aromatic N) is 1. The first-order chi connectivity index (χ1) is 11.0. The number of benzene rings is 1. The van der Waals surface area contributed by atoms with Gasteiger partial charge in [0.15, 0.2) is 0 Å². The van der Waals surface area contributed by atoms with Crippen molar-refractivity contribution in [3.05, 3.63) is 52.6 Å². The number of nitrogens with one attached hydrogen (secondary N) is 2. The van der Waals surface area contributed by atoms with Crippen molar-refractivity contribution in [3.63, 3.8) is 0 Å². The minimum atomic E-state index is -0.618. The van der Waals surface area contributed by atoms with Gasteiger partial charge in [0, 0.05) is 19.8 Å². The van der Waals surface area contributed by atoms with Crippen molar-refractivity contribution in [3.8, 4) is 0 Å². The van der Waals surface area contributed by atoms with E-state index in [1.54, 1.807) is 19.2 Å². The summed E-state index contributed by atoms with van der Waals surface area (Å²) in [5.74, 6) is -1.51. The number of aromatic nitrogens is 1. The van der Waals surface area contributed by atoms with Crippen molar-refractivity contribution >= 4 is 17.5 Å². The number of hydrogen-bond acceptors (Lipinski definition) is 3. The van der Waals surface area contributed by atoms with Crippen LogP contribution in [0, 0.1) is 5.82 Å². The summed E-state index contributed by atoms with van der Waals surface area (Å²) in [6, 6.07) is 4.74. The number of carbonyl (C=O) groups excluding carboxylic acids is 2. The number of hydrogen-bond donors (Lipinski definition) is 3. The molecule has 0 aliphatic carbocycles. The molecule has 0 saturated heterocycles. The number of fused-ring (bicyclic) bond motifs is 1. The Bertz CT molecular complexity index is 798. The third-order valence-electron chi connectivity index (χ3n) is 3.98. The van der Waals surface area contributed by atoms with Gasteiger partial charge in [-0.2, -0.15) is 0 Å². The number of rotatable bonds is 3. The Morgan fingerprint density at radius 1 is 1.39 bits per heavy atom. The van der Waals surface area contributed by atoms with Crippen LogP contribution in [0.15, 0.2) is 24.4 Å². The van der Waals surface area contributed by atoms with Crippen LogP contribution < -0.4 is 16.4 Å². The third kappa shape index (κ3) is 2.83.